The average molecular weight is 245 g/mol. The summed E-state index contributed by atoms with van der Waals surface area (Å²) in [4.78, 5) is 6.93. The Bertz CT molecular complexity index is 404. The number of hydrogen-bond acceptors (Lipinski definition) is 3. The van der Waals surface area contributed by atoms with Gasteiger partial charge in [-0.3, -0.25) is 4.98 Å². The Balaban J connectivity index is 1.77. The molecule has 0 bridgehead atoms. The summed E-state index contributed by atoms with van der Waals surface area (Å²) < 4.78 is 0. The highest BCUT2D eigenvalue weighted by atomic mass is 15.1. The summed E-state index contributed by atoms with van der Waals surface area (Å²) in [6.45, 7) is 2.93. The minimum Gasteiger partial charge on any atom is -0.370 e. The summed E-state index contributed by atoms with van der Waals surface area (Å²) in [6, 6.07) is 4.21. The first-order valence-electron chi connectivity index (χ1n) is 7.27. The van der Waals surface area contributed by atoms with E-state index < -0.39 is 0 Å². The second-order valence-corrected chi connectivity index (χ2v) is 5.71. The summed E-state index contributed by atoms with van der Waals surface area (Å²) >= 11 is 0. The highest BCUT2D eigenvalue weighted by Crippen LogP contribution is 2.37. The highest BCUT2D eigenvalue weighted by Gasteiger charge is 2.31. The molecule has 1 saturated carbocycles. The molecule has 1 aromatic rings. The maximum Gasteiger partial charge on any atom is 0.0772 e. The first-order chi connectivity index (χ1) is 8.88. The molecule has 98 valence electrons. The van der Waals surface area contributed by atoms with Crippen molar-refractivity contribution in [1.29, 1.82) is 0 Å². The van der Waals surface area contributed by atoms with Crippen LogP contribution in [0.15, 0.2) is 18.3 Å². The van der Waals surface area contributed by atoms with E-state index >= 15 is 0 Å². The fourth-order valence-corrected chi connectivity index (χ4v) is 3.69. The molecular weight excluding hydrogens is 222 g/mol. The van der Waals surface area contributed by atoms with Crippen molar-refractivity contribution in [3.8, 4) is 0 Å². The van der Waals surface area contributed by atoms with Gasteiger partial charge in [0, 0.05) is 25.8 Å². The van der Waals surface area contributed by atoms with Crippen molar-refractivity contribution in [3.05, 3.63) is 24.0 Å². The van der Waals surface area contributed by atoms with E-state index in [0.29, 0.717) is 6.54 Å². The largest absolute Gasteiger partial charge is 0.370 e. The molecule has 2 unspecified atom stereocenters. The smallest absolute Gasteiger partial charge is 0.0772 e. The molecule has 1 aliphatic heterocycles. The molecular formula is C15H23N3. The van der Waals surface area contributed by atoms with Crippen LogP contribution in [0, 0.1) is 11.8 Å². The molecule has 1 aliphatic carbocycles. The van der Waals surface area contributed by atoms with Crippen LogP contribution in [0.2, 0.25) is 0 Å². The third kappa shape index (κ3) is 2.24. The lowest BCUT2D eigenvalue weighted by Gasteiger charge is -2.42. The Hall–Kier alpha value is -1.09. The normalized spacial score (nSPS) is 27.9. The number of anilines is 1. The van der Waals surface area contributed by atoms with Crippen LogP contribution in [-0.4, -0.2) is 18.1 Å². The van der Waals surface area contributed by atoms with Crippen molar-refractivity contribution in [1.82, 2.24) is 4.98 Å². The number of piperidine rings is 1. The molecule has 2 aliphatic rings. The molecule has 18 heavy (non-hydrogen) atoms. The number of nitrogens with zero attached hydrogens (tertiary/aromatic N) is 2. The van der Waals surface area contributed by atoms with Gasteiger partial charge in [0.15, 0.2) is 0 Å². The van der Waals surface area contributed by atoms with Gasteiger partial charge in [-0.2, -0.15) is 0 Å². The molecule has 2 heterocycles. The molecule has 0 radical (unpaired) electrons. The van der Waals surface area contributed by atoms with Crippen LogP contribution >= 0.6 is 0 Å². The van der Waals surface area contributed by atoms with Crippen molar-refractivity contribution < 1.29 is 0 Å². The van der Waals surface area contributed by atoms with Gasteiger partial charge in [-0.25, -0.2) is 0 Å². The van der Waals surface area contributed by atoms with Crippen molar-refractivity contribution in [2.75, 3.05) is 18.0 Å². The van der Waals surface area contributed by atoms with Gasteiger partial charge < -0.3 is 10.6 Å². The zero-order valence-electron chi connectivity index (χ0n) is 11.0. The number of fused-ring (bicyclic) bond motifs is 1. The Labute approximate surface area is 109 Å². The zero-order valence-corrected chi connectivity index (χ0v) is 11.0. The predicted molar refractivity (Wildman–Crippen MR) is 74.4 cm³/mol. The zero-order chi connectivity index (χ0) is 12.4. The third-order valence-corrected chi connectivity index (χ3v) is 4.69. The van der Waals surface area contributed by atoms with E-state index in [9.17, 15) is 0 Å². The van der Waals surface area contributed by atoms with Crippen LogP contribution < -0.4 is 10.6 Å². The van der Waals surface area contributed by atoms with Crippen molar-refractivity contribution in [3.63, 3.8) is 0 Å². The molecule has 0 aromatic carbocycles. The van der Waals surface area contributed by atoms with E-state index in [4.69, 9.17) is 5.73 Å². The van der Waals surface area contributed by atoms with Gasteiger partial charge >= 0.3 is 0 Å². The second kappa shape index (κ2) is 5.27. The molecule has 2 fully saturated rings. The fourth-order valence-electron chi connectivity index (χ4n) is 3.69. The Morgan fingerprint density at radius 3 is 2.89 bits per heavy atom. The van der Waals surface area contributed by atoms with Crippen LogP contribution in [0.3, 0.4) is 0 Å². The lowest BCUT2D eigenvalue weighted by molar-refractivity contribution is 0.202. The van der Waals surface area contributed by atoms with Crippen LogP contribution in [0.4, 0.5) is 5.69 Å². The SMILES string of the molecule is NCc1ncccc1N1CCC2CCCCC2C1. The minimum atomic E-state index is 0.542. The van der Waals surface area contributed by atoms with Gasteiger partial charge in [0.2, 0.25) is 0 Å². The lowest BCUT2D eigenvalue weighted by atomic mass is 9.75. The first-order valence-corrected chi connectivity index (χ1v) is 7.27. The number of hydrogen-bond donors (Lipinski definition) is 1. The van der Waals surface area contributed by atoms with Crippen LogP contribution in [0.25, 0.3) is 0 Å². The monoisotopic (exact) mass is 245 g/mol. The van der Waals surface area contributed by atoms with E-state index in [1.165, 1.54) is 50.9 Å². The molecule has 3 heteroatoms. The number of rotatable bonds is 2. The maximum atomic E-state index is 5.80. The van der Waals surface area contributed by atoms with E-state index in [2.05, 4.69) is 16.0 Å². The molecule has 1 aromatic heterocycles. The molecule has 0 amide bonds. The van der Waals surface area contributed by atoms with Crippen LogP contribution in [0.5, 0.6) is 0 Å². The van der Waals surface area contributed by atoms with Gasteiger partial charge in [0.25, 0.3) is 0 Å². The maximum absolute atomic E-state index is 5.80. The quantitative estimate of drug-likeness (QED) is 0.870. The average Bonchev–Trinajstić information content (AvgIpc) is 2.46. The molecule has 2 N–H and O–H groups in total. The summed E-state index contributed by atoms with van der Waals surface area (Å²) in [7, 11) is 0. The van der Waals surface area contributed by atoms with Gasteiger partial charge in [0.05, 0.1) is 11.4 Å². The van der Waals surface area contributed by atoms with Crippen LogP contribution in [0.1, 0.15) is 37.8 Å². The predicted octanol–water partition coefficient (Wildman–Crippen LogP) is 2.56. The minimum absolute atomic E-state index is 0.542. The van der Waals surface area contributed by atoms with Gasteiger partial charge in [-0.15, -0.1) is 0 Å². The Morgan fingerprint density at radius 2 is 2.06 bits per heavy atom. The molecule has 0 spiro atoms. The third-order valence-electron chi connectivity index (χ3n) is 4.69. The topological polar surface area (TPSA) is 42.1 Å². The van der Waals surface area contributed by atoms with Crippen LogP contribution in [-0.2, 0) is 6.54 Å². The van der Waals surface area contributed by atoms with Gasteiger partial charge in [-0.05, 0) is 36.8 Å². The van der Waals surface area contributed by atoms with Crippen molar-refractivity contribution in [2.24, 2.45) is 17.6 Å². The molecule has 1 saturated heterocycles. The Kier molecular flexibility index (Phi) is 3.50. The van der Waals surface area contributed by atoms with E-state index in [1.54, 1.807) is 0 Å². The number of pyridine rings is 1. The summed E-state index contributed by atoms with van der Waals surface area (Å²) in [6.07, 6.45) is 8.94. The second-order valence-electron chi connectivity index (χ2n) is 5.71. The van der Waals surface area contributed by atoms with Crippen molar-refractivity contribution in [2.45, 2.75) is 38.6 Å². The number of aromatic nitrogens is 1. The van der Waals surface area contributed by atoms with E-state index in [0.717, 1.165) is 17.5 Å². The standard InChI is InChI=1S/C15H23N3/c16-10-14-15(6-3-8-17-14)18-9-7-12-4-1-2-5-13(12)11-18/h3,6,8,12-13H,1-2,4-5,7,9-11,16H2. The van der Waals surface area contributed by atoms with E-state index in [-0.39, 0.29) is 0 Å². The summed E-state index contributed by atoms with van der Waals surface area (Å²) in [5.74, 6) is 1.88. The fraction of sp³-hybridized carbons (Fsp3) is 0.667. The molecule has 3 nitrogen and oxygen atoms in total. The summed E-state index contributed by atoms with van der Waals surface area (Å²) in [5, 5.41) is 0. The van der Waals surface area contributed by atoms with E-state index in [1.807, 2.05) is 12.3 Å². The first kappa shape index (κ1) is 12.0. The lowest BCUT2D eigenvalue weighted by Crippen LogP contribution is -2.42. The summed E-state index contributed by atoms with van der Waals surface area (Å²) in [5.41, 5.74) is 8.12. The number of nitrogens with two attached hydrogens (primary N) is 1. The van der Waals surface area contributed by atoms with Crippen molar-refractivity contribution >= 4 is 5.69 Å². The Morgan fingerprint density at radius 1 is 1.22 bits per heavy atom. The van der Waals surface area contributed by atoms with Gasteiger partial charge in [0.1, 0.15) is 0 Å². The molecule has 2 atom stereocenters. The van der Waals surface area contributed by atoms with Gasteiger partial charge in [-0.1, -0.05) is 19.3 Å². The molecule has 3 rings (SSSR count). The highest BCUT2D eigenvalue weighted by molar-refractivity contribution is 5.50.